The molecule has 0 aromatic rings. The van der Waals surface area contributed by atoms with E-state index in [0.29, 0.717) is 25.2 Å². The van der Waals surface area contributed by atoms with Gasteiger partial charge < -0.3 is 89.1 Å². The third-order valence-corrected chi connectivity index (χ3v) is 20.3. The van der Waals surface area contributed by atoms with E-state index in [2.05, 4.69) is 27.7 Å². The number of hydrogen-bond donors (Lipinski definition) is 11. The molecule has 572 valence electrons. The largest absolute Gasteiger partial charge is 0.472 e. The van der Waals surface area contributed by atoms with Crippen molar-refractivity contribution in [1.82, 2.24) is 0 Å². The molecule has 0 radical (unpaired) electrons. The second-order valence-corrected chi connectivity index (χ2v) is 29.4. The fourth-order valence-electron chi connectivity index (χ4n) is 12.9. The molecule has 19 atom stereocenters. The Morgan fingerprint density at radius 1 is 0.392 bits per heavy atom. The van der Waals surface area contributed by atoms with Crippen LogP contribution < -0.4 is 0 Å². The van der Waals surface area contributed by atoms with Crippen LogP contribution in [0.5, 0.6) is 0 Å². The third-order valence-electron chi connectivity index (χ3n) is 19.3. The molecule has 3 unspecified atom stereocenters. The van der Waals surface area contributed by atoms with Crippen LogP contribution in [0.15, 0.2) is 0 Å². The molecule has 97 heavy (non-hydrogen) atoms. The first-order chi connectivity index (χ1) is 46.7. The lowest BCUT2D eigenvalue weighted by molar-refractivity contribution is -0.360. The van der Waals surface area contributed by atoms with Gasteiger partial charge in [0.1, 0.15) is 98.7 Å². The molecule has 0 amide bonds. The van der Waals surface area contributed by atoms with Gasteiger partial charge in [-0.3, -0.25) is 23.4 Å². The van der Waals surface area contributed by atoms with Crippen molar-refractivity contribution in [3.05, 3.63) is 0 Å². The second-order valence-electron chi connectivity index (χ2n) is 28.0. The number of carbonyl (C=O) groups is 3. The van der Waals surface area contributed by atoms with E-state index in [1.165, 1.54) is 148 Å². The fourth-order valence-corrected chi connectivity index (χ4v) is 13.9. The molecule has 0 aromatic heterocycles. The number of rotatable bonds is 59. The molecule has 25 heteroatoms. The lowest BCUT2D eigenvalue weighted by Crippen LogP contribution is -2.69. The van der Waals surface area contributed by atoms with E-state index in [1.54, 1.807) is 0 Å². The summed E-state index contributed by atoms with van der Waals surface area (Å²) in [5, 5.41) is 110. The van der Waals surface area contributed by atoms with Gasteiger partial charge in [-0.15, -0.1) is 0 Å². The maximum atomic E-state index is 14.3. The van der Waals surface area contributed by atoms with Crippen molar-refractivity contribution in [3.8, 4) is 0 Å². The molecule has 11 N–H and O–H groups in total. The Labute approximate surface area is 580 Å². The minimum absolute atomic E-state index is 0.0330. The Balaban J connectivity index is 1.74. The van der Waals surface area contributed by atoms with Crippen molar-refractivity contribution in [2.45, 2.75) is 408 Å². The highest BCUT2D eigenvalue weighted by molar-refractivity contribution is 7.47. The van der Waals surface area contributed by atoms with Crippen LogP contribution in [-0.4, -0.2) is 204 Å². The van der Waals surface area contributed by atoms with Crippen molar-refractivity contribution in [2.24, 2.45) is 5.92 Å². The zero-order valence-corrected chi connectivity index (χ0v) is 60.7. The molecule has 24 nitrogen and oxygen atoms in total. The predicted octanol–water partition coefficient (Wildman–Crippen LogP) is 10.4. The van der Waals surface area contributed by atoms with E-state index in [1.807, 2.05) is 0 Å². The number of phosphoric acid groups is 1. The number of phosphoric ester groups is 1. The van der Waals surface area contributed by atoms with E-state index in [9.17, 15) is 74.9 Å². The van der Waals surface area contributed by atoms with Gasteiger partial charge in [-0.05, 0) is 25.2 Å². The summed E-state index contributed by atoms with van der Waals surface area (Å²) in [5.41, 5.74) is 0. The van der Waals surface area contributed by atoms with E-state index < -0.39 is 156 Å². The van der Waals surface area contributed by atoms with Gasteiger partial charge in [0.05, 0.1) is 13.2 Å². The van der Waals surface area contributed by atoms with Crippen molar-refractivity contribution >= 4 is 25.7 Å². The lowest BCUT2D eigenvalue weighted by Gasteiger charge is -2.49. The van der Waals surface area contributed by atoms with Crippen LogP contribution in [0.2, 0.25) is 0 Å². The van der Waals surface area contributed by atoms with Gasteiger partial charge in [0.2, 0.25) is 0 Å². The molecule has 3 aliphatic rings. The minimum atomic E-state index is -5.69. The molecular formula is C72H135O24P. The molecule has 3 fully saturated rings. The van der Waals surface area contributed by atoms with Gasteiger partial charge in [-0.2, -0.15) is 0 Å². The maximum absolute atomic E-state index is 14.3. The van der Waals surface area contributed by atoms with Crippen molar-refractivity contribution in [2.75, 3.05) is 26.4 Å². The van der Waals surface area contributed by atoms with Crippen molar-refractivity contribution in [3.63, 3.8) is 0 Å². The second kappa shape index (κ2) is 53.7. The quantitative estimate of drug-likeness (QED) is 0.0117. The first kappa shape index (κ1) is 89.2. The highest BCUT2D eigenvalue weighted by Gasteiger charge is 2.58. The number of hydrogen-bond acceptors (Lipinski definition) is 23. The van der Waals surface area contributed by atoms with Crippen LogP contribution in [0.1, 0.15) is 304 Å². The summed E-state index contributed by atoms with van der Waals surface area (Å²) in [6.07, 6.45) is 8.88. The fraction of sp³-hybridized carbons (Fsp3) is 0.958. The number of esters is 3. The van der Waals surface area contributed by atoms with Crippen molar-refractivity contribution < 1.29 is 117 Å². The molecule has 3 rings (SSSR count). The summed E-state index contributed by atoms with van der Waals surface area (Å²) in [6, 6.07) is 0. The summed E-state index contributed by atoms with van der Waals surface area (Å²) < 4.78 is 65.1. The molecule has 0 aromatic carbocycles. The summed E-state index contributed by atoms with van der Waals surface area (Å²) in [6.45, 7) is 5.78. The van der Waals surface area contributed by atoms with Gasteiger partial charge in [-0.1, -0.05) is 265 Å². The number of aliphatic hydroxyl groups excluding tert-OH is 10. The minimum Gasteiger partial charge on any atom is -0.463 e. The lowest BCUT2D eigenvalue weighted by atomic mass is 9.84. The Hall–Kier alpha value is -2.04. The Morgan fingerprint density at radius 2 is 0.722 bits per heavy atom. The van der Waals surface area contributed by atoms with Crippen LogP contribution in [0.3, 0.4) is 0 Å². The average Bonchev–Trinajstić information content (AvgIpc) is 0.765. The summed E-state index contributed by atoms with van der Waals surface area (Å²) in [5.74, 6) is -1.30. The maximum Gasteiger partial charge on any atom is 0.472 e. The van der Waals surface area contributed by atoms with Crippen LogP contribution in [0.4, 0.5) is 0 Å². The smallest absolute Gasteiger partial charge is 0.463 e. The third kappa shape index (κ3) is 37.3. The summed E-state index contributed by atoms with van der Waals surface area (Å²) >= 11 is 0. The van der Waals surface area contributed by atoms with Crippen LogP contribution in [-0.2, 0) is 61.2 Å². The standard InChI is InChI=1S/C72H135O24P/c1-5-8-11-14-17-19-21-23-25-27-29-35-40-45-56(74)88-49-53(91-58(76)47-42-37-32-31-34-39-44-52(4)43-38-33-16-13-10-7-3)50-90-97(86,87)96-70-68(94-71-66(84)61(79)59(77)54(48-73)92-71)64(82)63(81)65(83)69(70)95-72-67(85)62(80)60(78)55(93-72)51-89-57(75)46-41-36-30-28-26-24-22-20-18-15-12-9-6-2/h52-55,59-73,77-85H,5-51H2,1-4H3,(H,86,87)/t52?,53-,54-,55-,59-,60-,61+,62+,63?,64+,65-,66+,67+,68-,69-,70+,71-,72-/m1/s1. The highest BCUT2D eigenvalue weighted by Crippen LogP contribution is 2.49. The zero-order valence-electron chi connectivity index (χ0n) is 59.8. The molecular weight excluding hydrogens is 1280 g/mol. The van der Waals surface area contributed by atoms with E-state index in [4.69, 9.17) is 42.2 Å². The monoisotopic (exact) mass is 1410 g/mol. The highest BCUT2D eigenvalue weighted by atomic mass is 31.2. The summed E-state index contributed by atoms with van der Waals surface area (Å²) in [4.78, 5) is 51.0. The predicted molar refractivity (Wildman–Crippen MR) is 365 cm³/mol. The topological polar surface area (TPSA) is 374 Å². The van der Waals surface area contributed by atoms with Crippen molar-refractivity contribution in [1.29, 1.82) is 0 Å². The first-order valence-electron chi connectivity index (χ1n) is 38.2. The van der Waals surface area contributed by atoms with Gasteiger partial charge in [0.15, 0.2) is 18.7 Å². The van der Waals surface area contributed by atoms with Crippen LogP contribution in [0, 0.1) is 5.92 Å². The average molecular weight is 1420 g/mol. The van der Waals surface area contributed by atoms with Gasteiger partial charge in [0, 0.05) is 19.3 Å². The SMILES string of the molecule is CCCCCCCCCCCCCCCC(=O)OC[C@H](COP(=O)(O)O[C@@H]1[C@H](O[C@H]2O[C@H](COC(=O)CCCCCCCCCCCCCCC)[C@@H](O)[C@H](O)[C@@H]2O)[C@H](O)C(O)[C@H](O)[C@H]1O[C@H]1O[C@H](CO)[C@@H](O)[C@H](O)[C@@H]1O)OC(=O)CCCCCCCCC(C)CCCCCCCC. The van der Waals surface area contributed by atoms with E-state index in [-0.39, 0.29) is 19.3 Å². The Bertz CT molecular complexity index is 2030. The van der Waals surface area contributed by atoms with Gasteiger partial charge in [-0.25, -0.2) is 4.57 Å². The van der Waals surface area contributed by atoms with E-state index in [0.717, 1.165) is 89.9 Å². The summed E-state index contributed by atoms with van der Waals surface area (Å²) in [7, 11) is -5.69. The molecule has 2 aliphatic heterocycles. The number of aliphatic hydroxyl groups is 10. The Morgan fingerprint density at radius 3 is 1.11 bits per heavy atom. The van der Waals surface area contributed by atoms with Crippen LogP contribution in [0.25, 0.3) is 0 Å². The normalized spacial score (nSPS) is 28.1. The Kier molecular flexibility index (Phi) is 49.4. The van der Waals surface area contributed by atoms with E-state index >= 15 is 0 Å². The first-order valence-corrected chi connectivity index (χ1v) is 39.7. The molecule has 1 aliphatic carbocycles. The molecule has 0 spiro atoms. The number of carbonyl (C=O) groups excluding carboxylic acids is 3. The molecule has 2 heterocycles. The number of unbranched alkanes of at least 4 members (excludes halogenated alkanes) is 34. The van der Waals surface area contributed by atoms with Crippen LogP contribution >= 0.6 is 7.82 Å². The molecule has 1 saturated carbocycles. The van der Waals surface area contributed by atoms with Gasteiger partial charge in [0.25, 0.3) is 0 Å². The molecule has 2 saturated heterocycles. The zero-order chi connectivity index (χ0) is 71.2. The van der Waals surface area contributed by atoms with Gasteiger partial charge >= 0.3 is 25.7 Å². The number of ether oxygens (including phenoxy) is 7. The molecule has 0 bridgehead atoms.